The van der Waals surface area contributed by atoms with Gasteiger partial charge in [0.25, 0.3) is 0 Å². The molecule has 130 valence electrons. The maximum atomic E-state index is 13.5. The predicted octanol–water partition coefficient (Wildman–Crippen LogP) is 3.37. The quantitative estimate of drug-likeness (QED) is 0.899. The number of carbonyl (C=O) groups excluding carboxylic acids is 2. The van der Waals surface area contributed by atoms with Crippen LogP contribution in [0.1, 0.15) is 17.5 Å². The maximum Gasteiger partial charge on any atom is 0.319 e. The number of halogens is 1. The Bertz CT molecular complexity index is 805. The standard InChI is InChI=1S/C19H20FN3O2/c1-12-3-7-16(8-4-12)23-11-15(10-18(23)24)22-19(25)21-14-6-5-13(2)17(20)9-14/h3-9,15H,10-11H2,1-2H3,(H2,21,22,25). The summed E-state index contributed by atoms with van der Waals surface area (Å²) >= 11 is 0. The summed E-state index contributed by atoms with van der Waals surface area (Å²) in [5, 5.41) is 5.36. The van der Waals surface area contributed by atoms with Crippen LogP contribution in [0, 0.1) is 19.7 Å². The summed E-state index contributed by atoms with van der Waals surface area (Å²) in [6, 6.07) is 11.4. The van der Waals surface area contributed by atoms with E-state index >= 15 is 0 Å². The molecule has 1 unspecified atom stereocenters. The Morgan fingerprint density at radius 1 is 1.16 bits per heavy atom. The third-order valence-corrected chi connectivity index (χ3v) is 4.24. The van der Waals surface area contributed by atoms with Crippen LogP contribution >= 0.6 is 0 Å². The minimum atomic E-state index is -0.452. The molecular weight excluding hydrogens is 321 g/mol. The zero-order chi connectivity index (χ0) is 18.0. The second-order valence-corrected chi connectivity index (χ2v) is 6.30. The van der Waals surface area contributed by atoms with Crippen LogP contribution in [0.15, 0.2) is 42.5 Å². The summed E-state index contributed by atoms with van der Waals surface area (Å²) in [4.78, 5) is 25.9. The zero-order valence-electron chi connectivity index (χ0n) is 14.2. The van der Waals surface area contributed by atoms with E-state index in [2.05, 4.69) is 10.6 Å². The van der Waals surface area contributed by atoms with Gasteiger partial charge in [-0.25, -0.2) is 9.18 Å². The summed E-state index contributed by atoms with van der Waals surface area (Å²) in [6.07, 6.45) is 0.240. The Kier molecular flexibility index (Phi) is 4.70. The molecule has 0 radical (unpaired) electrons. The first-order chi connectivity index (χ1) is 11.9. The van der Waals surface area contributed by atoms with Gasteiger partial charge in [-0.3, -0.25) is 4.79 Å². The molecule has 0 bridgehead atoms. The van der Waals surface area contributed by atoms with Gasteiger partial charge in [0.2, 0.25) is 5.91 Å². The number of rotatable bonds is 3. The van der Waals surface area contributed by atoms with Crippen LogP contribution in [-0.4, -0.2) is 24.5 Å². The zero-order valence-corrected chi connectivity index (χ0v) is 14.2. The molecule has 5 nitrogen and oxygen atoms in total. The Hall–Kier alpha value is -2.89. The molecule has 3 rings (SSSR count). The van der Waals surface area contributed by atoms with E-state index in [0.29, 0.717) is 17.8 Å². The van der Waals surface area contributed by atoms with Gasteiger partial charge >= 0.3 is 6.03 Å². The van der Waals surface area contributed by atoms with Crippen molar-refractivity contribution in [3.8, 4) is 0 Å². The minimum Gasteiger partial charge on any atom is -0.333 e. The van der Waals surface area contributed by atoms with Gasteiger partial charge in [0, 0.05) is 24.3 Å². The number of amides is 3. The Morgan fingerprint density at radius 3 is 2.56 bits per heavy atom. The van der Waals surface area contributed by atoms with E-state index < -0.39 is 6.03 Å². The van der Waals surface area contributed by atoms with Crippen molar-refractivity contribution >= 4 is 23.3 Å². The first-order valence-electron chi connectivity index (χ1n) is 8.13. The third-order valence-electron chi connectivity index (χ3n) is 4.24. The normalized spacial score (nSPS) is 16.8. The van der Waals surface area contributed by atoms with Crippen LogP contribution < -0.4 is 15.5 Å². The average Bonchev–Trinajstić information content (AvgIpc) is 2.92. The molecule has 0 saturated carbocycles. The van der Waals surface area contributed by atoms with Crippen molar-refractivity contribution < 1.29 is 14.0 Å². The molecule has 0 spiro atoms. The Morgan fingerprint density at radius 2 is 1.88 bits per heavy atom. The number of hydrogen-bond acceptors (Lipinski definition) is 2. The molecule has 1 aliphatic rings. The molecular formula is C19H20FN3O2. The van der Waals surface area contributed by atoms with Gasteiger partial charge in [-0.2, -0.15) is 0 Å². The molecule has 2 N–H and O–H groups in total. The summed E-state index contributed by atoms with van der Waals surface area (Å²) < 4.78 is 13.5. The Labute approximate surface area is 145 Å². The number of benzene rings is 2. The van der Waals surface area contributed by atoms with Gasteiger partial charge < -0.3 is 15.5 Å². The number of hydrogen-bond donors (Lipinski definition) is 2. The largest absolute Gasteiger partial charge is 0.333 e. The van der Waals surface area contributed by atoms with E-state index in [1.807, 2.05) is 31.2 Å². The van der Waals surface area contributed by atoms with Crippen LogP contribution in [0.5, 0.6) is 0 Å². The van der Waals surface area contributed by atoms with E-state index in [4.69, 9.17) is 0 Å². The van der Waals surface area contributed by atoms with Crippen LogP contribution in [0.2, 0.25) is 0 Å². The lowest BCUT2D eigenvalue weighted by molar-refractivity contribution is -0.117. The summed E-state index contributed by atoms with van der Waals surface area (Å²) in [5.74, 6) is -0.407. The highest BCUT2D eigenvalue weighted by atomic mass is 19.1. The van der Waals surface area contributed by atoms with Gasteiger partial charge in [-0.05, 0) is 43.7 Å². The molecule has 0 aromatic heterocycles. The highest BCUT2D eigenvalue weighted by Gasteiger charge is 2.31. The first kappa shape index (κ1) is 17.0. The molecule has 3 amide bonds. The monoisotopic (exact) mass is 341 g/mol. The number of anilines is 2. The molecule has 1 fully saturated rings. The highest BCUT2D eigenvalue weighted by molar-refractivity contribution is 5.97. The maximum absolute atomic E-state index is 13.5. The van der Waals surface area contributed by atoms with Crippen molar-refractivity contribution in [1.29, 1.82) is 0 Å². The van der Waals surface area contributed by atoms with E-state index in [1.54, 1.807) is 24.0 Å². The number of urea groups is 1. The SMILES string of the molecule is Cc1ccc(N2CC(NC(=O)Nc3ccc(C)c(F)c3)CC2=O)cc1. The van der Waals surface area contributed by atoms with Crippen LogP contribution in [0.3, 0.4) is 0 Å². The third kappa shape index (κ3) is 3.96. The molecule has 2 aromatic rings. The fourth-order valence-electron chi connectivity index (χ4n) is 2.80. The van der Waals surface area contributed by atoms with Crippen LogP contribution in [0.25, 0.3) is 0 Å². The van der Waals surface area contributed by atoms with Crippen molar-refractivity contribution in [3.05, 3.63) is 59.4 Å². The summed E-state index contributed by atoms with van der Waals surface area (Å²) in [5.41, 5.74) is 2.83. The topological polar surface area (TPSA) is 61.4 Å². The molecule has 1 saturated heterocycles. The van der Waals surface area contributed by atoms with Crippen LogP contribution in [-0.2, 0) is 4.79 Å². The number of carbonyl (C=O) groups is 2. The van der Waals surface area contributed by atoms with Gasteiger partial charge in [-0.15, -0.1) is 0 Å². The van der Waals surface area contributed by atoms with E-state index in [1.165, 1.54) is 6.07 Å². The molecule has 1 heterocycles. The van der Waals surface area contributed by atoms with E-state index in [0.717, 1.165) is 11.3 Å². The Balaban J connectivity index is 1.60. The van der Waals surface area contributed by atoms with Crippen LogP contribution in [0.4, 0.5) is 20.6 Å². The van der Waals surface area contributed by atoms with Crippen molar-refractivity contribution in [2.24, 2.45) is 0 Å². The van der Waals surface area contributed by atoms with Crippen molar-refractivity contribution in [2.75, 3.05) is 16.8 Å². The smallest absolute Gasteiger partial charge is 0.319 e. The average molecular weight is 341 g/mol. The minimum absolute atomic E-state index is 0.0319. The number of nitrogens with zero attached hydrogens (tertiary/aromatic N) is 1. The number of aryl methyl sites for hydroxylation is 2. The van der Waals surface area contributed by atoms with Crippen molar-refractivity contribution in [2.45, 2.75) is 26.3 Å². The van der Waals surface area contributed by atoms with Crippen molar-refractivity contribution in [1.82, 2.24) is 5.32 Å². The van der Waals surface area contributed by atoms with Gasteiger partial charge in [0.1, 0.15) is 5.82 Å². The van der Waals surface area contributed by atoms with Crippen molar-refractivity contribution in [3.63, 3.8) is 0 Å². The first-order valence-corrected chi connectivity index (χ1v) is 8.13. The van der Waals surface area contributed by atoms with Gasteiger partial charge in [-0.1, -0.05) is 23.8 Å². The second-order valence-electron chi connectivity index (χ2n) is 6.30. The summed E-state index contributed by atoms with van der Waals surface area (Å²) in [7, 11) is 0. The summed E-state index contributed by atoms with van der Waals surface area (Å²) in [6.45, 7) is 4.05. The molecule has 6 heteroatoms. The van der Waals surface area contributed by atoms with E-state index in [-0.39, 0.29) is 24.2 Å². The highest BCUT2D eigenvalue weighted by Crippen LogP contribution is 2.22. The molecule has 25 heavy (non-hydrogen) atoms. The fraction of sp³-hybridized carbons (Fsp3) is 0.263. The predicted molar refractivity (Wildman–Crippen MR) is 95.2 cm³/mol. The molecule has 2 aromatic carbocycles. The lowest BCUT2D eigenvalue weighted by Gasteiger charge is -2.17. The lowest BCUT2D eigenvalue weighted by atomic mass is 10.2. The fourth-order valence-corrected chi connectivity index (χ4v) is 2.80. The van der Waals surface area contributed by atoms with E-state index in [9.17, 15) is 14.0 Å². The second kappa shape index (κ2) is 6.93. The molecule has 0 aliphatic carbocycles. The van der Waals surface area contributed by atoms with Gasteiger partial charge in [0.15, 0.2) is 0 Å². The number of nitrogens with one attached hydrogen (secondary N) is 2. The van der Waals surface area contributed by atoms with Gasteiger partial charge in [0.05, 0.1) is 6.04 Å². The lowest BCUT2D eigenvalue weighted by Crippen LogP contribution is -2.39. The molecule has 1 aliphatic heterocycles. The molecule has 1 atom stereocenters.